The fourth-order valence-corrected chi connectivity index (χ4v) is 8.00. The third-order valence-corrected chi connectivity index (χ3v) is 11.7. The molecule has 0 radical (unpaired) electrons. The van der Waals surface area contributed by atoms with Gasteiger partial charge < -0.3 is 25.0 Å². The van der Waals surface area contributed by atoms with Crippen molar-refractivity contribution < 1.29 is 37.1 Å². The van der Waals surface area contributed by atoms with E-state index in [9.17, 15) is 27.6 Å². The Hall–Kier alpha value is -5.24. The van der Waals surface area contributed by atoms with E-state index in [1.807, 2.05) is 42.5 Å². The molecule has 3 aliphatic rings. The lowest BCUT2D eigenvalue weighted by Crippen LogP contribution is -2.59. The maximum absolute atomic E-state index is 14.2. The molecule has 52 heavy (non-hydrogen) atoms. The van der Waals surface area contributed by atoms with Gasteiger partial charge in [-0.1, -0.05) is 56.8 Å². The number of nitrogens with zero attached hydrogens (tertiary/aromatic N) is 2. The topological polar surface area (TPSA) is 173 Å². The number of aromatic nitrogens is 1. The SMILES string of the molecule is C=CC(=O)NC(C(=O)N1C[C@H](Oc2cc(-c3ccccc3)nc3cc(OC)ccc23)C[C@H]1C(=O)N[C@]1(C(=O)NS(=O)(=O)C2CC2)C[C@H]1C=C)C(C)C. The molecule has 5 atom stereocenters. The first-order chi connectivity index (χ1) is 24.8. The van der Waals surface area contributed by atoms with E-state index in [2.05, 4.69) is 28.5 Å². The van der Waals surface area contributed by atoms with Gasteiger partial charge in [-0.15, -0.1) is 6.58 Å². The Morgan fingerprint density at radius 1 is 1.06 bits per heavy atom. The first kappa shape index (κ1) is 36.5. The van der Waals surface area contributed by atoms with Crippen LogP contribution in [0.5, 0.6) is 11.5 Å². The first-order valence-corrected chi connectivity index (χ1v) is 18.8. The number of sulfonamides is 1. The Bertz CT molecular complexity index is 2030. The number of methoxy groups -OCH3 is 1. The van der Waals surface area contributed by atoms with E-state index in [0.29, 0.717) is 40.9 Å². The van der Waals surface area contributed by atoms with Crippen LogP contribution in [0.25, 0.3) is 22.2 Å². The van der Waals surface area contributed by atoms with Gasteiger partial charge in [0.25, 0.3) is 5.91 Å². The molecule has 2 aliphatic carbocycles. The summed E-state index contributed by atoms with van der Waals surface area (Å²) < 4.78 is 39.6. The summed E-state index contributed by atoms with van der Waals surface area (Å²) in [5, 5.41) is 5.51. The van der Waals surface area contributed by atoms with Crippen molar-refractivity contribution in [3.8, 4) is 22.8 Å². The quantitative estimate of drug-likeness (QED) is 0.166. The molecule has 2 heterocycles. The highest BCUT2D eigenvalue weighted by Gasteiger charge is 2.62. The van der Waals surface area contributed by atoms with Gasteiger partial charge in [0.15, 0.2) is 0 Å². The van der Waals surface area contributed by atoms with Crippen LogP contribution in [0, 0.1) is 11.8 Å². The molecule has 6 rings (SSSR count). The fourth-order valence-electron chi connectivity index (χ4n) is 6.64. The van der Waals surface area contributed by atoms with Gasteiger partial charge in [-0.25, -0.2) is 13.4 Å². The van der Waals surface area contributed by atoms with E-state index in [-0.39, 0.29) is 25.3 Å². The summed E-state index contributed by atoms with van der Waals surface area (Å²) in [5.74, 6) is -2.36. The third-order valence-electron chi connectivity index (χ3n) is 9.86. The second-order valence-electron chi connectivity index (χ2n) is 13.9. The third kappa shape index (κ3) is 7.38. The second-order valence-corrected chi connectivity index (χ2v) is 15.8. The van der Waals surface area contributed by atoms with Crippen molar-refractivity contribution in [2.45, 2.75) is 68.5 Å². The summed E-state index contributed by atoms with van der Waals surface area (Å²) in [6.07, 6.45) is 2.97. The van der Waals surface area contributed by atoms with Crippen LogP contribution in [0.4, 0.5) is 0 Å². The van der Waals surface area contributed by atoms with Gasteiger partial charge in [0.2, 0.25) is 27.7 Å². The predicted molar refractivity (Wildman–Crippen MR) is 194 cm³/mol. The summed E-state index contributed by atoms with van der Waals surface area (Å²) in [6, 6.07) is 14.6. The number of fused-ring (bicyclic) bond motifs is 1. The Balaban J connectivity index is 1.33. The van der Waals surface area contributed by atoms with Crippen LogP contribution < -0.4 is 24.8 Å². The average Bonchev–Trinajstić information content (AvgIpc) is 4.06. The molecule has 0 spiro atoms. The summed E-state index contributed by atoms with van der Waals surface area (Å²) >= 11 is 0. The smallest absolute Gasteiger partial charge is 0.259 e. The molecule has 1 aliphatic heterocycles. The Kier molecular flexibility index (Phi) is 10.1. The highest BCUT2D eigenvalue weighted by molar-refractivity contribution is 7.91. The average molecular weight is 730 g/mol. The summed E-state index contributed by atoms with van der Waals surface area (Å²) in [7, 11) is -2.33. The molecule has 2 saturated carbocycles. The van der Waals surface area contributed by atoms with Gasteiger partial charge in [0, 0.05) is 35.4 Å². The summed E-state index contributed by atoms with van der Waals surface area (Å²) in [4.78, 5) is 60.5. The molecule has 4 amide bonds. The van der Waals surface area contributed by atoms with E-state index in [1.165, 1.54) is 11.0 Å². The number of hydrogen-bond acceptors (Lipinski definition) is 9. The number of amides is 4. The summed E-state index contributed by atoms with van der Waals surface area (Å²) in [6.45, 7) is 10.8. The minimum Gasteiger partial charge on any atom is -0.497 e. The molecule has 14 heteroatoms. The van der Waals surface area contributed by atoms with Crippen LogP contribution in [0.15, 0.2) is 79.9 Å². The molecular weight excluding hydrogens is 687 g/mol. The highest BCUT2D eigenvalue weighted by Crippen LogP contribution is 2.45. The van der Waals surface area contributed by atoms with E-state index in [4.69, 9.17) is 14.5 Å². The number of ether oxygens (including phenoxy) is 2. The lowest BCUT2D eigenvalue weighted by molar-refractivity contribution is -0.142. The van der Waals surface area contributed by atoms with Gasteiger partial charge in [-0.05, 0) is 43.4 Å². The van der Waals surface area contributed by atoms with Crippen LogP contribution in [-0.2, 0) is 29.2 Å². The maximum atomic E-state index is 14.2. The van der Waals surface area contributed by atoms with Crippen molar-refractivity contribution in [2.75, 3.05) is 13.7 Å². The Morgan fingerprint density at radius 2 is 1.79 bits per heavy atom. The number of pyridine rings is 1. The summed E-state index contributed by atoms with van der Waals surface area (Å²) in [5.41, 5.74) is 0.556. The number of nitrogens with one attached hydrogen (secondary N) is 3. The minimum atomic E-state index is -3.90. The highest BCUT2D eigenvalue weighted by atomic mass is 32.2. The van der Waals surface area contributed by atoms with Gasteiger partial charge in [0.1, 0.15) is 35.2 Å². The van der Waals surface area contributed by atoms with E-state index in [1.54, 1.807) is 33.1 Å². The van der Waals surface area contributed by atoms with Crippen LogP contribution in [-0.4, -0.2) is 84.6 Å². The molecule has 1 saturated heterocycles. The standard InChI is InChI=1S/C38H43N5O8S/c1-6-24-20-38(24,37(47)42-52(48,49)27-14-15-27)41-35(45)31-18-26(21-43(31)36(46)34(22(3)4)40-33(44)7-2)51-32-19-29(23-11-9-8-10-12-23)39-30-17-25(50-5)13-16-28(30)32/h6-13,16-17,19,22,24,26-27,31,34H,1-2,14-15,18,20-21H2,3-5H3,(H,40,44)(H,41,45)(H,42,47)/t24-,26-,31+,34?,38-/m1/s1. The predicted octanol–water partition coefficient (Wildman–Crippen LogP) is 3.25. The number of hydrogen-bond donors (Lipinski definition) is 3. The van der Waals surface area contributed by atoms with E-state index in [0.717, 1.165) is 11.6 Å². The van der Waals surface area contributed by atoms with Crippen molar-refractivity contribution in [1.82, 2.24) is 25.2 Å². The zero-order chi connectivity index (χ0) is 37.4. The molecule has 13 nitrogen and oxygen atoms in total. The van der Waals surface area contributed by atoms with Gasteiger partial charge in [-0.2, -0.15) is 0 Å². The van der Waals surface area contributed by atoms with E-state index < -0.39 is 68.5 Å². The molecule has 1 aromatic heterocycles. The van der Waals surface area contributed by atoms with E-state index >= 15 is 0 Å². The van der Waals surface area contributed by atoms with Crippen LogP contribution in [0.2, 0.25) is 0 Å². The molecule has 0 bridgehead atoms. The van der Waals surface area contributed by atoms with Crippen molar-refractivity contribution >= 4 is 44.6 Å². The first-order valence-electron chi connectivity index (χ1n) is 17.2. The number of rotatable bonds is 14. The van der Waals surface area contributed by atoms with Crippen molar-refractivity contribution in [3.63, 3.8) is 0 Å². The van der Waals surface area contributed by atoms with Gasteiger partial charge in [0.05, 0.1) is 30.1 Å². The molecule has 1 unspecified atom stereocenters. The van der Waals surface area contributed by atoms with Gasteiger partial charge in [-0.3, -0.25) is 23.9 Å². The largest absolute Gasteiger partial charge is 0.497 e. The van der Waals surface area contributed by atoms with Crippen molar-refractivity contribution in [2.24, 2.45) is 11.8 Å². The lowest BCUT2D eigenvalue weighted by Gasteiger charge is -2.31. The zero-order valence-corrected chi connectivity index (χ0v) is 30.1. The van der Waals surface area contributed by atoms with Crippen LogP contribution in [0.1, 0.15) is 39.5 Å². The monoisotopic (exact) mass is 729 g/mol. The van der Waals surface area contributed by atoms with Crippen molar-refractivity contribution in [3.05, 3.63) is 79.9 Å². The molecule has 2 aromatic carbocycles. The molecule has 3 aromatic rings. The number of likely N-dealkylation sites (tertiary alicyclic amines) is 1. The molecule has 274 valence electrons. The van der Waals surface area contributed by atoms with Crippen LogP contribution in [0.3, 0.4) is 0 Å². The molecular formula is C38H43N5O8S. The zero-order valence-electron chi connectivity index (χ0n) is 29.3. The van der Waals surface area contributed by atoms with Crippen molar-refractivity contribution in [1.29, 1.82) is 0 Å². The number of carbonyl (C=O) groups is 4. The Labute approximate surface area is 302 Å². The van der Waals surface area contributed by atoms with Gasteiger partial charge >= 0.3 is 0 Å². The number of carbonyl (C=O) groups excluding carboxylic acids is 4. The minimum absolute atomic E-state index is 0.0229. The maximum Gasteiger partial charge on any atom is 0.259 e. The number of benzene rings is 2. The second kappa shape index (κ2) is 14.4. The fraction of sp³-hybridized carbons (Fsp3) is 0.395. The Morgan fingerprint density at radius 3 is 2.40 bits per heavy atom. The molecule has 3 fully saturated rings. The lowest BCUT2D eigenvalue weighted by atomic mass is 10.0. The normalized spacial score (nSPS) is 23.0. The van der Waals surface area contributed by atoms with Crippen LogP contribution >= 0.6 is 0 Å². The molecule has 3 N–H and O–H groups in total.